The standard InChI is InChI=1S/C28H36N2O5/c1-2-20-4-6-22(7-5-20)19-35-26-11-8-21(9-12-26)10-13-27(31)33-14-3-15-34-28(32)23-16-24(29)18-25(30)17-23/h8-13,16-18,20,22H,2-7,14-15,19,29-30H2,1H3. The van der Waals surface area contributed by atoms with E-state index >= 15 is 0 Å². The Hall–Kier alpha value is -3.48. The van der Waals surface area contributed by atoms with Crippen LogP contribution in [0.4, 0.5) is 11.4 Å². The van der Waals surface area contributed by atoms with Crippen molar-refractivity contribution in [2.75, 3.05) is 31.3 Å². The van der Waals surface area contributed by atoms with Crippen molar-refractivity contribution in [2.24, 2.45) is 11.8 Å². The summed E-state index contributed by atoms with van der Waals surface area (Å²) in [6, 6.07) is 12.2. The molecular formula is C28H36N2O5. The van der Waals surface area contributed by atoms with E-state index in [1.54, 1.807) is 12.1 Å². The van der Waals surface area contributed by atoms with E-state index in [9.17, 15) is 9.59 Å². The van der Waals surface area contributed by atoms with Gasteiger partial charge in [-0.3, -0.25) is 0 Å². The lowest BCUT2D eigenvalue weighted by Crippen LogP contribution is -2.19. The zero-order chi connectivity index (χ0) is 25.0. The number of carbonyl (C=O) groups excluding carboxylic acids is 2. The third-order valence-corrected chi connectivity index (χ3v) is 6.30. The van der Waals surface area contributed by atoms with Gasteiger partial charge in [0.05, 0.1) is 25.4 Å². The van der Waals surface area contributed by atoms with Gasteiger partial charge in [-0.15, -0.1) is 0 Å². The molecule has 2 aromatic rings. The monoisotopic (exact) mass is 480 g/mol. The van der Waals surface area contributed by atoms with Crippen molar-refractivity contribution in [3.8, 4) is 5.75 Å². The topological polar surface area (TPSA) is 114 Å². The van der Waals surface area contributed by atoms with Gasteiger partial charge in [0, 0.05) is 23.9 Å². The highest BCUT2D eigenvalue weighted by atomic mass is 16.5. The van der Waals surface area contributed by atoms with Crippen LogP contribution < -0.4 is 16.2 Å². The Labute approximate surface area is 207 Å². The van der Waals surface area contributed by atoms with Gasteiger partial charge in [-0.25, -0.2) is 9.59 Å². The molecule has 4 N–H and O–H groups in total. The van der Waals surface area contributed by atoms with E-state index in [0.29, 0.717) is 23.7 Å². The molecule has 1 aliphatic carbocycles. The predicted octanol–water partition coefficient (Wildman–Crippen LogP) is 5.25. The van der Waals surface area contributed by atoms with E-state index in [1.807, 2.05) is 24.3 Å². The summed E-state index contributed by atoms with van der Waals surface area (Å²) in [5.41, 5.74) is 13.3. The Bertz CT molecular complexity index is 975. The van der Waals surface area contributed by atoms with Crippen LogP contribution in [-0.4, -0.2) is 31.8 Å². The highest BCUT2D eigenvalue weighted by molar-refractivity contribution is 5.91. The quantitative estimate of drug-likeness (QED) is 0.195. The molecule has 1 fully saturated rings. The van der Waals surface area contributed by atoms with Crippen molar-refractivity contribution in [1.82, 2.24) is 0 Å². The van der Waals surface area contributed by atoms with Crippen molar-refractivity contribution < 1.29 is 23.8 Å². The Morgan fingerprint density at radius 2 is 1.54 bits per heavy atom. The van der Waals surface area contributed by atoms with Gasteiger partial charge >= 0.3 is 11.9 Å². The summed E-state index contributed by atoms with van der Waals surface area (Å²) >= 11 is 0. The van der Waals surface area contributed by atoms with E-state index in [0.717, 1.165) is 23.8 Å². The summed E-state index contributed by atoms with van der Waals surface area (Å²) in [5, 5.41) is 0. The number of nitrogen functional groups attached to an aromatic ring is 2. The first-order chi connectivity index (χ1) is 16.9. The van der Waals surface area contributed by atoms with Crippen molar-refractivity contribution in [1.29, 1.82) is 0 Å². The fraction of sp³-hybridized carbons (Fsp3) is 0.429. The van der Waals surface area contributed by atoms with Gasteiger partial charge in [0.1, 0.15) is 5.75 Å². The highest BCUT2D eigenvalue weighted by Crippen LogP contribution is 2.31. The lowest BCUT2D eigenvalue weighted by atomic mass is 9.81. The molecule has 1 saturated carbocycles. The van der Waals surface area contributed by atoms with Gasteiger partial charge < -0.3 is 25.7 Å². The molecule has 0 heterocycles. The van der Waals surface area contributed by atoms with Gasteiger partial charge in [0.25, 0.3) is 0 Å². The van der Waals surface area contributed by atoms with E-state index < -0.39 is 11.9 Å². The number of rotatable bonds is 11. The number of esters is 2. The molecule has 0 amide bonds. The molecule has 0 atom stereocenters. The van der Waals surface area contributed by atoms with Crippen molar-refractivity contribution in [3.05, 3.63) is 59.7 Å². The van der Waals surface area contributed by atoms with Gasteiger partial charge in [-0.05, 0) is 66.6 Å². The maximum absolute atomic E-state index is 12.0. The molecule has 3 rings (SSSR count). The highest BCUT2D eigenvalue weighted by Gasteiger charge is 2.20. The van der Waals surface area contributed by atoms with Crippen LogP contribution in [0.1, 0.15) is 61.4 Å². The second-order valence-electron chi connectivity index (χ2n) is 9.05. The van der Waals surface area contributed by atoms with Gasteiger partial charge in [0.15, 0.2) is 0 Å². The zero-order valence-electron chi connectivity index (χ0n) is 20.4. The van der Waals surface area contributed by atoms with Crippen LogP contribution in [0.3, 0.4) is 0 Å². The minimum Gasteiger partial charge on any atom is -0.493 e. The van der Waals surface area contributed by atoms with E-state index in [4.69, 9.17) is 25.7 Å². The lowest BCUT2D eigenvalue weighted by molar-refractivity contribution is -0.137. The van der Waals surface area contributed by atoms with Crippen LogP contribution in [-0.2, 0) is 14.3 Å². The number of benzene rings is 2. The summed E-state index contributed by atoms with van der Waals surface area (Å²) < 4.78 is 16.3. The minimum atomic E-state index is -0.522. The molecule has 7 heteroatoms. The Morgan fingerprint density at radius 1 is 0.914 bits per heavy atom. The average molecular weight is 481 g/mol. The molecule has 0 bridgehead atoms. The number of ether oxygens (including phenoxy) is 3. The molecule has 2 aromatic carbocycles. The summed E-state index contributed by atoms with van der Waals surface area (Å²) in [6.07, 6.45) is 9.87. The molecule has 0 radical (unpaired) electrons. The minimum absolute atomic E-state index is 0.117. The van der Waals surface area contributed by atoms with E-state index in [-0.39, 0.29) is 18.8 Å². The lowest BCUT2D eigenvalue weighted by Gasteiger charge is -2.27. The molecule has 188 valence electrons. The van der Waals surface area contributed by atoms with E-state index in [1.165, 1.54) is 50.3 Å². The fourth-order valence-corrected chi connectivity index (χ4v) is 4.18. The summed E-state index contributed by atoms with van der Waals surface area (Å²) in [4.78, 5) is 23.9. The van der Waals surface area contributed by atoms with Gasteiger partial charge in [-0.1, -0.05) is 38.3 Å². The maximum atomic E-state index is 12.0. The number of anilines is 2. The van der Waals surface area contributed by atoms with Crippen LogP contribution in [0.25, 0.3) is 6.08 Å². The van der Waals surface area contributed by atoms with E-state index in [2.05, 4.69) is 6.92 Å². The molecule has 0 spiro atoms. The first-order valence-electron chi connectivity index (χ1n) is 12.3. The van der Waals surface area contributed by atoms with Gasteiger partial charge in [-0.2, -0.15) is 0 Å². The Balaban J connectivity index is 1.30. The third-order valence-electron chi connectivity index (χ3n) is 6.30. The molecule has 0 unspecified atom stereocenters. The summed E-state index contributed by atoms with van der Waals surface area (Å²) in [6.45, 7) is 3.30. The SMILES string of the molecule is CCC1CCC(COc2ccc(C=CC(=O)OCCCOC(=O)c3cc(N)cc(N)c3)cc2)CC1. The first-order valence-corrected chi connectivity index (χ1v) is 12.3. The number of nitrogens with two attached hydrogens (primary N) is 2. The normalized spacial score (nSPS) is 17.7. The molecule has 0 saturated heterocycles. The Morgan fingerprint density at radius 3 is 2.20 bits per heavy atom. The Kier molecular flexibility index (Phi) is 10.0. The molecule has 1 aliphatic rings. The number of hydrogen-bond donors (Lipinski definition) is 2. The molecule has 0 aliphatic heterocycles. The molecular weight excluding hydrogens is 444 g/mol. The van der Waals surface area contributed by atoms with Gasteiger partial charge in [0.2, 0.25) is 0 Å². The maximum Gasteiger partial charge on any atom is 0.338 e. The molecule has 7 nitrogen and oxygen atoms in total. The number of carbonyl (C=O) groups is 2. The predicted molar refractivity (Wildman–Crippen MR) is 138 cm³/mol. The smallest absolute Gasteiger partial charge is 0.338 e. The van der Waals surface area contributed by atoms with Crippen molar-refractivity contribution in [3.63, 3.8) is 0 Å². The second-order valence-corrected chi connectivity index (χ2v) is 9.05. The fourth-order valence-electron chi connectivity index (χ4n) is 4.18. The van der Waals surface area contributed by atoms with Crippen molar-refractivity contribution in [2.45, 2.75) is 45.4 Å². The molecule has 35 heavy (non-hydrogen) atoms. The van der Waals surface area contributed by atoms with Crippen molar-refractivity contribution >= 4 is 29.4 Å². The third kappa shape index (κ3) is 9.00. The second kappa shape index (κ2) is 13.4. The molecule has 0 aromatic heterocycles. The summed E-state index contributed by atoms with van der Waals surface area (Å²) in [7, 11) is 0. The van der Waals surface area contributed by atoms with Crippen LogP contribution >= 0.6 is 0 Å². The first kappa shape index (κ1) is 26.1. The number of hydrogen-bond acceptors (Lipinski definition) is 7. The largest absolute Gasteiger partial charge is 0.493 e. The summed E-state index contributed by atoms with van der Waals surface area (Å²) in [5.74, 6) is 1.40. The van der Waals surface area contributed by atoms with Crippen LogP contribution in [0.5, 0.6) is 5.75 Å². The van der Waals surface area contributed by atoms with Crippen LogP contribution in [0.2, 0.25) is 0 Å². The zero-order valence-corrected chi connectivity index (χ0v) is 20.4. The van der Waals surface area contributed by atoms with Crippen LogP contribution in [0.15, 0.2) is 48.5 Å². The van der Waals surface area contributed by atoms with Crippen LogP contribution in [0, 0.1) is 11.8 Å². The average Bonchev–Trinajstić information content (AvgIpc) is 2.86.